The van der Waals surface area contributed by atoms with E-state index in [9.17, 15) is 19.7 Å². The van der Waals surface area contributed by atoms with E-state index in [1.165, 1.54) is 29.9 Å². The second kappa shape index (κ2) is 11.4. The number of hydrogen-bond donors (Lipinski definition) is 0. The summed E-state index contributed by atoms with van der Waals surface area (Å²) < 4.78 is 29.4. The quantitative estimate of drug-likeness (QED) is 0.204. The molecule has 2 aliphatic rings. The molecular weight excluding hydrogens is 622 g/mol. The second-order valence-corrected chi connectivity index (χ2v) is 10.6. The number of benzene rings is 2. The van der Waals surface area contributed by atoms with Gasteiger partial charge in [0.2, 0.25) is 6.79 Å². The predicted octanol–water partition coefficient (Wildman–Crippen LogP) is 3.61. The van der Waals surface area contributed by atoms with Gasteiger partial charge in [0.15, 0.2) is 27.8 Å². The number of aromatic nitrogens is 1. The zero-order valence-electron chi connectivity index (χ0n) is 22.4. The number of rotatable bonds is 8. The normalized spacial score (nSPS) is 15.8. The number of nitrogens with zero attached hydrogens (tertiary/aromatic N) is 3. The van der Waals surface area contributed by atoms with Gasteiger partial charge in [-0.1, -0.05) is 27.3 Å². The maximum atomic E-state index is 14.0. The van der Waals surface area contributed by atoms with E-state index in [0.29, 0.717) is 44.4 Å². The molecule has 0 amide bonds. The lowest BCUT2D eigenvalue weighted by Gasteiger charge is -2.26. The molecule has 0 radical (unpaired) electrons. The van der Waals surface area contributed by atoms with Crippen LogP contribution in [0, 0.1) is 10.1 Å². The average molecular weight is 646 g/mol. The van der Waals surface area contributed by atoms with Crippen LogP contribution in [0.4, 0.5) is 5.69 Å². The molecule has 5 rings (SSSR count). The second-order valence-electron chi connectivity index (χ2n) is 8.78. The molecule has 12 nitrogen and oxygen atoms in total. The molecule has 0 N–H and O–H groups in total. The molecule has 0 saturated carbocycles. The van der Waals surface area contributed by atoms with E-state index in [-0.39, 0.29) is 40.5 Å². The first-order valence-electron chi connectivity index (χ1n) is 12.5. The van der Waals surface area contributed by atoms with Crippen LogP contribution in [0.25, 0.3) is 6.08 Å². The Hall–Kier alpha value is -4.17. The zero-order chi connectivity index (χ0) is 29.4. The third-order valence-electron chi connectivity index (χ3n) is 6.40. The highest BCUT2D eigenvalue weighted by Crippen LogP contribution is 2.41. The largest absolute Gasteiger partial charge is 0.493 e. The summed E-state index contributed by atoms with van der Waals surface area (Å²) >= 11 is 4.62. The third-order valence-corrected chi connectivity index (χ3v) is 8.07. The summed E-state index contributed by atoms with van der Waals surface area (Å²) in [6.07, 6.45) is 1.41. The van der Waals surface area contributed by atoms with Crippen LogP contribution >= 0.6 is 27.3 Å². The Bertz CT molecular complexity index is 1790. The van der Waals surface area contributed by atoms with E-state index in [4.69, 9.17) is 23.7 Å². The minimum atomic E-state index is -0.946. The topological polar surface area (TPSA) is 141 Å². The minimum Gasteiger partial charge on any atom is -0.493 e. The van der Waals surface area contributed by atoms with Gasteiger partial charge in [0.25, 0.3) is 11.2 Å². The van der Waals surface area contributed by atoms with Crippen molar-refractivity contribution in [2.24, 2.45) is 4.99 Å². The van der Waals surface area contributed by atoms with Crippen molar-refractivity contribution in [3.8, 4) is 23.0 Å². The molecular formula is C27H24BrN3O9S. The SMILES string of the molecule is CCOC(=O)C1=C(C)N=c2s/c(=C/c3cc4c(cc3[N+](=O)[O-])OCO4)c(=O)n2[C@H]1c1cc(OC)c(OCC)cc1Br. The number of fused-ring (bicyclic) bond motifs is 2. The Balaban J connectivity index is 1.76. The Morgan fingerprint density at radius 3 is 2.61 bits per heavy atom. The molecule has 1 atom stereocenters. The van der Waals surface area contributed by atoms with Crippen molar-refractivity contribution in [3.05, 3.63) is 80.9 Å². The van der Waals surface area contributed by atoms with Gasteiger partial charge in [0.05, 0.1) is 58.7 Å². The fraction of sp³-hybridized carbons (Fsp3) is 0.296. The summed E-state index contributed by atoms with van der Waals surface area (Å²) in [5.74, 6) is 0.837. The van der Waals surface area contributed by atoms with E-state index in [1.54, 1.807) is 26.0 Å². The Morgan fingerprint density at radius 1 is 1.22 bits per heavy atom. The van der Waals surface area contributed by atoms with Crippen molar-refractivity contribution in [1.29, 1.82) is 0 Å². The molecule has 41 heavy (non-hydrogen) atoms. The molecule has 0 unspecified atom stereocenters. The number of carbonyl (C=O) groups is 1. The maximum absolute atomic E-state index is 14.0. The van der Waals surface area contributed by atoms with E-state index in [1.807, 2.05) is 6.92 Å². The molecule has 0 spiro atoms. The number of esters is 1. The van der Waals surface area contributed by atoms with E-state index >= 15 is 0 Å². The lowest BCUT2D eigenvalue weighted by molar-refractivity contribution is -0.385. The van der Waals surface area contributed by atoms with E-state index < -0.39 is 22.5 Å². The van der Waals surface area contributed by atoms with Gasteiger partial charge in [-0.3, -0.25) is 19.5 Å². The molecule has 14 heteroatoms. The molecule has 1 aromatic heterocycles. The number of halogens is 1. The Morgan fingerprint density at radius 2 is 1.95 bits per heavy atom. The van der Waals surface area contributed by atoms with Gasteiger partial charge < -0.3 is 23.7 Å². The highest BCUT2D eigenvalue weighted by atomic mass is 79.9. The highest BCUT2D eigenvalue weighted by molar-refractivity contribution is 9.10. The van der Waals surface area contributed by atoms with Crippen LogP contribution in [0.1, 0.15) is 37.9 Å². The number of ether oxygens (including phenoxy) is 5. The van der Waals surface area contributed by atoms with Gasteiger partial charge in [-0.2, -0.15) is 0 Å². The molecule has 0 bridgehead atoms. The molecule has 0 fully saturated rings. The van der Waals surface area contributed by atoms with Crippen LogP contribution in [-0.4, -0.2) is 42.6 Å². The first-order chi connectivity index (χ1) is 19.7. The fourth-order valence-corrected chi connectivity index (χ4v) is 6.21. The number of carbonyl (C=O) groups excluding carboxylic acids is 1. The first-order valence-corrected chi connectivity index (χ1v) is 14.1. The van der Waals surface area contributed by atoms with Crippen LogP contribution in [0.5, 0.6) is 23.0 Å². The van der Waals surface area contributed by atoms with Gasteiger partial charge in [0.1, 0.15) is 0 Å². The predicted molar refractivity (Wildman–Crippen MR) is 151 cm³/mol. The van der Waals surface area contributed by atoms with Crippen molar-refractivity contribution in [3.63, 3.8) is 0 Å². The van der Waals surface area contributed by atoms with Gasteiger partial charge >= 0.3 is 5.97 Å². The summed E-state index contributed by atoms with van der Waals surface area (Å²) in [4.78, 5) is 43.4. The van der Waals surface area contributed by atoms with Gasteiger partial charge in [-0.05, 0) is 50.6 Å². The summed E-state index contributed by atoms with van der Waals surface area (Å²) in [5.41, 5.74) is 0.483. The van der Waals surface area contributed by atoms with Crippen molar-refractivity contribution >= 4 is 45.0 Å². The van der Waals surface area contributed by atoms with Gasteiger partial charge in [-0.15, -0.1) is 0 Å². The van der Waals surface area contributed by atoms with Crippen molar-refractivity contribution in [2.45, 2.75) is 26.8 Å². The van der Waals surface area contributed by atoms with Gasteiger partial charge in [0, 0.05) is 4.47 Å². The Labute approximate surface area is 245 Å². The van der Waals surface area contributed by atoms with Gasteiger partial charge in [-0.25, -0.2) is 9.79 Å². The highest BCUT2D eigenvalue weighted by Gasteiger charge is 2.35. The van der Waals surface area contributed by atoms with Crippen LogP contribution in [0.2, 0.25) is 0 Å². The minimum absolute atomic E-state index is 0.0610. The van der Waals surface area contributed by atoms with Crippen LogP contribution in [0.3, 0.4) is 0 Å². The monoisotopic (exact) mass is 645 g/mol. The van der Waals surface area contributed by atoms with Crippen molar-refractivity contribution in [1.82, 2.24) is 4.57 Å². The molecule has 2 aliphatic heterocycles. The lowest BCUT2D eigenvalue weighted by atomic mass is 9.95. The summed E-state index contributed by atoms with van der Waals surface area (Å²) in [6.45, 7) is 5.65. The number of nitro groups is 1. The number of thiazole rings is 1. The first kappa shape index (κ1) is 28.4. The smallest absolute Gasteiger partial charge is 0.338 e. The Kier molecular flexibility index (Phi) is 7.87. The molecule has 3 aromatic rings. The number of nitro benzene ring substituents is 1. The lowest BCUT2D eigenvalue weighted by Crippen LogP contribution is -2.40. The molecule has 0 aliphatic carbocycles. The zero-order valence-corrected chi connectivity index (χ0v) is 24.8. The van der Waals surface area contributed by atoms with Crippen LogP contribution in [0.15, 0.2) is 49.8 Å². The van der Waals surface area contributed by atoms with Crippen molar-refractivity contribution < 1.29 is 33.4 Å². The van der Waals surface area contributed by atoms with E-state index in [2.05, 4.69) is 20.9 Å². The molecule has 2 aromatic carbocycles. The standard InChI is InChI=1S/C27H24BrN3O9S/c1-5-37-20-10-16(28)15(9-18(20)36-4)24-23(26(33)38-6-2)13(3)29-27-30(24)25(32)22(41-27)8-14-7-19-21(40-12-39-19)11-17(14)31(34)35/h7-11,24H,5-6,12H2,1-4H3/b22-8+/t24-/m0/s1. The third kappa shape index (κ3) is 5.08. The summed E-state index contributed by atoms with van der Waals surface area (Å²) in [7, 11) is 1.49. The van der Waals surface area contributed by atoms with Crippen LogP contribution in [-0.2, 0) is 9.53 Å². The van der Waals surface area contributed by atoms with Crippen LogP contribution < -0.4 is 33.8 Å². The molecule has 214 valence electrons. The summed E-state index contributed by atoms with van der Waals surface area (Å²) in [6, 6.07) is 5.18. The average Bonchev–Trinajstić information content (AvgIpc) is 3.51. The number of hydrogen-bond acceptors (Lipinski definition) is 11. The molecule has 3 heterocycles. The summed E-state index contributed by atoms with van der Waals surface area (Å²) in [5, 5.41) is 11.8. The number of allylic oxidation sites excluding steroid dienone is 1. The molecule has 0 saturated heterocycles. The number of methoxy groups -OCH3 is 1. The van der Waals surface area contributed by atoms with Crippen molar-refractivity contribution in [2.75, 3.05) is 27.1 Å². The van der Waals surface area contributed by atoms with E-state index in [0.717, 1.165) is 11.3 Å². The fourth-order valence-electron chi connectivity index (χ4n) is 4.64. The maximum Gasteiger partial charge on any atom is 0.338 e.